The molecule has 0 bridgehead atoms. The molecule has 0 spiro atoms. The number of nitro groups is 1. The number of benzene rings is 6. The van der Waals surface area contributed by atoms with Gasteiger partial charge >= 0.3 is 34.8 Å². The molecule has 0 radical (unpaired) electrons. The molecule has 11 heterocycles. The molecule has 644 valence electrons. The number of carbonyl (C=O) groups excluding carboxylic acids is 10. The van der Waals surface area contributed by atoms with Crippen LogP contribution in [0, 0.1) is 10.1 Å². The molecular weight excluding hydrogens is 1730 g/mol. The zero-order valence-corrected chi connectivity index (χ0v) is 73.4. The van der Waals surface area contributed by atoms with E-state index in [1.165, 1.54) is 51.0 Å². The zero-order valence-electron chi connectivity index (χ0n) is 68.6. The molecule has 17 rings (SSSR count). The lowest BCUT2D eigenvalue weighted by Crippen LogP contribution is -2.55. The Hall–Kier alpha value is -12.4. The lowest BCUT2D eigenvalue weighted by atomic mass is 9.93. The first-order valence-corrected chi connectivity index (χ1v) is 44.5. The maximum atomic E-state index is 13.2. The van der Waals surface area contributed by atoms with Gasteiger partial charge in [0, 0.05) is 91.7 Å². The summed E-state index contributed by atoms with van der Waals surface area (Å²) in [6.45, 7) is 12.1. The Kier molecular flexibility index (Phi) is 30.0. The summed E-state index contributed by atoms with van der Waals surface area (Å²) in [6.07, 6.45) is 1.44. The van der Waals surface area contributed by atoms with Crippen LogP contribution >= 0.6 is 61.3 Å². The predicted octanol–water partition coefficient (Wildman–Crippen LogP) is 15.3. The summed E-state index contributed by atoms with van der Waals surface area (Å²) in [6, 6.07) is 55.1. The van der Waals surface area contributed by atoms with Crippen molar-refractivity contribution in [1.82, 2.24) is 24.5 Å². The second-order valence-electron chi connectivity index (χ2n) is 28.9. The third kappa shape index (κ3) is 20.9. The molecule has 0 N–H and O–H groups in total. The highest BCUT2D eigenvalue weighted by molar-refractivity contribution is 9.11. The van der Waals surface area contributed by atoms with Crippen molar-refractivity contribution in [3.63, 3.8) is 0 Å². The van der Waals surface area contributed by atoms with Crippen LogP contribution in [0.4, 0.5) is 5.00 Å². The first-order chi connectivity index (χ1) is 60.1. The molecular formula is C92H89BrN6O21S4. The standard InChI is InChI=1S/C21H21NO5.C19H17NO3S2.C18H19NO5.C17H16BrNO3S.C17H16N2O5S/c1-2-25-21(24)16-11-14-7-3-4-8-15(14)12-22(16)20(23)19-13-26-17-9-5-6-10-18(17)27-19;1-2-23-19(22)14-9-12-5-3-4-6-13(12)11-20(14)18(21)17-10-16-15(25-17)7-8-24-16;1-3-23-18(21)14-10-12-6-4-5-7-13(12)11-19(14)17(20)15-8-9-16(22-2)24-15;1-2-22-17(21)13-9-11-5-3-4-6-12(11)10-19(13)16(20)14-7-8-15(18)23-14;1-2-24-17(21)14-7-11-5-3-4-6-12(11)9-18(14)16(20)13-8-15(19(22)23)25-10-13/h3-10,16,19H,2,11-13H2,1H3;3-8,10,14H,2,9,11H2,1H3;4-9,14H,3,10-11H2,1-2H3;3-8,13H,2,9-10H2,1H3;3-6,8,10,14H,2,7,9H2,1H3. The van der Waals surface area contributed by atoms with Crippen LogP contribution in [-0.4, -0.2) is 172 Å². The number of hydrogen-bond acceptors (Lipinski definition) is 25. The minimum Gasteiger partial charge on any atom is -0.485 e. The van der Waals surface area contributed by atoms with Gasteiger partial charge in [-0.1, -0.05) is 145 Å². The monoisotopic (exact) mass is 1820 g/mol. The summed E-state index contributed by atoms with van der Waals surface area (Å²) in [4.78, 5) is 146. The van der Waals surface area contributed by atoms with E-state index in [2.05, 4.69) is 15.9 Å². The van der Waals surface area contributed by atoms with Crippen LogP contribution in [0.2, 0.25) is 0 Å². The zero-order chi connectivity index (χ0) is 87.7. The summed E-state index contributed by atoms with van der Waals surface area (Å²) in [5, 5.41) is 14.2. The summed E-state index contributed by atoms with van der Waals surface area (Å²) in [7, 11) is 1.46. The van der Waals surface area contributed by atoms with Gasteiger partial charge in [-0.05, 0) is 154 Å². The van der Waals surface area contributed by atoms with E-state index in [0.717, 1.165) is 80.2 Å². The minimum absolute atomic E-state index is 0.0963. The third-order valence-corrected chi connectivity index (χ3v) is 25.9. The molecule has 124 heavy (non-hydrogen) atoms. The highest BCUT2D eigenvalue weighted by Crippen LogP contribution is 2.38. The summed E-state index contributed by atoms with van der Waals surface area (Å²) >= 11 is 8.74. The van der Waals surface area contributed by atoms with Gasteiger partial charge in [-0.25, -0.2) is 24.0 Å². The highest BCUT2D eigenvalue weighted by Gasteiger charge is 2.44. The first-order valence-electron chi connectivity index (χ1n) is 40.3. The molecule has 6 aliphatic rings. The van der Waals surface area contributed by atoms with Crippen LogP contribution in [0.3, 0.4) is 0 Å². The molecule has 5 aromatic heterocycles. The first kappa shape index (κ1) is 89.4. The normalized spacial score (nSPS) is 17.4. The Balaban J connectivity index is 0.000000133. The van der Waals surface area contributed by atoms with Crippen LogP contribution in [0.5, 0.6) is 17.4 Å². The van der Waals surface area contributed by atoms with E-state index in [1.54, 1.807) is 91.0 Å². The Morgan fingerprint density at radius 3 is 1.20 bits per heavy atom. The molecule has 6 aromatic carbocycles. The van der Waals surface area contributed by atoms with Gasteiger partial charge in [-0.2, -0.15) is 0 Å². The number of esters is 5. The number of amides is 5. The van der Waals surface area contributed by atoms with Crippen LogP contribution in [0.25, 0.3) is 9.40 Å². The number of methoxy groups -OCH3 is 1. The average Bonchev–Trinajstić information content (AvgIpc) is 1.74. The Morgan fingerprint density at radius 1 is 0.427 bits per heavy atom. The van der Waals surface area contributed by atoms with Crippen molar-refractivity contribution in [3.8, 4) is 17.4 Å². The van der Waals surface area contributed by atoms with Gasteiger partial charge in [0.1, 0.15) is 36.8 Å². The van der Waals surface area contributed by atoms with E-state index in [0.29, 0.717) is 92.8 Å². The van der Waals surface area contributed by atoms with Crippen molar-refractivity contribution in [3.05, 3.63) is 289 Å². The van der Waals surface area contributed by atoms with Gasteiger partial charge in [0.25, 0.3) is 35.5 Å². The summed E-state index contributed by atoms with van der Waals surface area (Å²) < 4.78 is 50.9. The van der Waals surface area contributed by atoms with E-state index in [9.17, 15) is 58.1 Å². The SMILES string of the molecule is CCOC(=O)C1Cc2ccccc2CN1C(=O)C1COc2ccccc2O1.CCOC(=O)C1Cc2ccccc2CN1C(=O)c1cc2sccc2s1.CCOC(=O)C1Cc2ccccc2CN1C(=O)c1ccc(Br)s1.CCOC(=O)C1Cc2ccccc2CN1C(=O)c1ccc(OC)o1.CCOC(=O)C1Cc2ccccc2CN1C(=O)c1csc([N+](=O)[O-])c1. The molecule has 32 heteroatoms. The quantitative estimate of drug-likeness (QED) is 0.0354. The number of furan rings is 1. The maximum Gasteiger partial charge on any atom is 0.329 e. The van der Waals surface area contributed by atoms with Gasteiger partial charge in [0.15, 0.2) is 17.3 Å². The summed E-state index contributed by atoms with van der Waals surface area (Å²) in [5.74, 6) is -1.64. The molecule has 0 saturated heterocycles. The van der Waals surface area contributed by atoms with Crippen molar-refractivity contribution in [2.24, 2.45) is 0 Å². The number of hydrogen-bond donors (Lipinski definition) is 0. The lowest BCUT2D eigenvalue weighted by molar-refractivity contribution is -0.380. The van der Waals surface area contributed by atoms with Crippen molar-refractivity contribution < 1.29 is 95.2 Å². The van der Waals surface area contributed by atoms with Gasteiger partial charge in [0.2, 0.25) is 6.10 Å². The van der Waals surface area contributed by atoms with E-state index >= 15 is 0 Å². The van der Waals surface area contributed by atoms with Gasteiger partial charge in [-0.3, -0.25) is 34.1 Å². The van der Waals surface area contributed by atoms with Crippen molar-refractivity contribution in [1.29, 1.82) is 0 Å². The maximum absolute atomic E-state index is 13.2. The lowest BCUT2D eigenvalue weighted by Gasteiger charge is -2.38. The van der Waals surface area contributed by atoms with Crippen LogP contribution in [0.15, 0.2) is 207 Å². The number of para-hydroxylation sites is 2. The smallest absolute Gasteiger partial charge is 0.329 e. The molecule has 6 unspecified atom stereocenters. The van der Waals surface area contributed by atoms with Crippen LogP contribution in [0.1, 0.15) is 131 Å². The van der Waals surface area contributed by atoms with E-state index < -0.39 is 65.1 Å². The minimum atomic E-state index is -0.790. The molecule has 0 fully saturated rings. The molecule has 27 nitrogen and oxygen atoms in total. The topological polar surface area (TPSA) is 317 Å². The molecule has 0 saturated carbocycles. The fraction of sp³-hybridized carbons (Fsp3) is 0.304. The molecule has 11 aromatic rings. The van der Waals surface area contributed by atoms with Crippen molar-refractivity contribution in [2.75, 3.05) is 46.8 Å². The molecule has 0 aliphatic carbocycles. The number of thiophene rings is 4. The van der Waals surface area contributed by atoms with Crippen LogP contribution < -0.4 is 14.2 Å². The van der Waals surface area contributed by atoms with E-state index in [-0.39, 0.29) is 90.8 Å². The van der Waals surface area contributed by atoms with Crippen molar-refractivity contribution in [2.45, 2.75) is 136 Å². The van der Waals surface area contributed by atoms with Gasteiger partial charge < -0.3 is 66.8 Å². The van der Waals surface area contributed by atoms with Gasteiger partial charge in [0.05, 0.1) is 64.2 Å². The van der Waals surface area contributed by atoms with Crippen LogP contribution in [-0.2, 0) is 117 Å². The number of fused-ring (bicyclic) bond motifs is 7. The average molecular weight is 1820 g/mol. The Labute approximate surface area is 739 Å². The van der Waals surface area contributed by atoms with E-state index in [4.69, 9.17) is 42.3 Å². The third-order valence-electron chi connectivity index (χ3n) is 21.3. The Bertz CT molecular complexity index is 5710. The summed E-state index contributed by atoms with van der Waals surface area (Å²) in [5.41, 5.74) is 10.7. The fourth-order valence-corrected chi connectivity index (χ4v) is 19.3. The molecule has 6 atom stereocenters. The molecule has 5 amide bonds. The Morgan fingerprint density at radius 2 is 0.815 bits per heavy atom. The van der Waals surface area contributed by atoms with Crippen molar-refractivity contribution >= 4 is 135 Å². The second kappa shape index (κ2) is 41.7. The largest absolute Gasteiger partial charge is 0.485 e. The van der Waals surface area contributed by atoms with Gasteiger partial charge in [-0.15, -0.1) is 34.0 Å². The molecule has 6 aliphatic heterocycles. The number of nitrogens with zero attached hydrogens (tertiary/aromatic N) is 6. The second-order valence-corrected chi connectivity index (χ2v) is 34.3. The number of rotatable bonds is 17. The number of halogens is 1. The highest BCUT2D eigenvalue weighted by atomic mass is 79.9. The van der Waals surface area contributed by atoms with E-state index in [1.807, 2.05) is 157 Å². The fourth-order valence-electron chi connectivity index (χ4n) is 15.2. The predicted molar refractivity (Wildman–Crippen MR) is 467 cm³/mol. The number of ether oxygens (including phenoxy) is 8. The number of carbonyl (C=O) groups is 10.